The van der Waals surface area contributed by atoms with Gasteiger partial charge in [-0.2, -0.15) is 0 Å². The van der Waals surface area contributed by atoms with E-state index in [0.29, 0.717) is 28.8 Å². The number of rotatable bonds is 3. The average molecular weight is 307 g/mol. The first-order chi connectivity index (χ1) is 10.2. The minimum absolute atomic E-state index is 0.298. The number of halogens is 1. The summed E-state index contributed by atoms with van der Waals surface area (Å²) in [6.07, 6.45) is 3.66. The normalized spacial score (nSPS) is 18.0. The molecule has 3 heterocycles. The molecule has 110 valence electrons. The topological polar surface area (TPSA) is 71.4 Å². The minimum atomic E-state index is -0.298. The number of pyridine rings is 1. The van der Waals surface area contributed by atoms with Gasteiger partial charge in [0.05, 0.1) is 24.4 Å². The lowest BCUT2D eigenvalue weighted by Crippen LogP contribution is -2.22. The van der Waals surface area contributed by atoms with Gasteiger partial charge in [0.15, 0.2) is 5.82 Å². The van der Waals surface area contributed by atoms with Crippen LogP contribution in [0.15, 0.2) is 24.5 Å². The van der Waals surface area contributed by atoms with E-state index in [1.165, 1.54) is 6.20 Å². The summed E-state index contributed by atoms with van der Waals surface area (Å²) in [5, 5.41) is 10.1. The van der Waals surface area contributed by atoms with E-state index in [4.69, 9.17) is 16.3 Å². The lowest BCUT2D eigenvalue weighted by Gasteiger charge is -2.17. The fourth-order valence-electron chi connectivity index (χ4n) is 2.31. The van der Waals surface area contributed by atoms with Gasteiger partial charge < -0.3 is 14.7 Å². The Morgan fingerprint density at radius 2 is 2.29 bits per heavy atom. The van der Waals surface area contributed by atoms with E-state index in [0.717, 1.165) is 18.8 Å². The van der Waals surface area contributed by atoms with Crippen molar-refractivity contribution >= 4 is 17.4 Å². The Kier molecular flexibility index (Phi) is 3.90. The standard InChI is InChI=1S/C14H15ClN4O2/c1-21-13-6-10(11(15)7-17-13)14-16-4-2-12(18-14)19-5-3-9(20)8-19/h2,4,6-7,9,20H,3,5,8H2,1H3/t9-/m1/s1. The number of β-amino-alcohol motifs (C(OH)–C–C–N with tert-alkyl or cyclic N) is 1. The molecule has 1 fully saturated rings. The number of hydrogen-bond acceptors (Lipinski definition) is 6. The summed E-state index contributed by atoms with van der Waals surface area (Å²) in [5.41, 5.74) is 0.671. The van der Waals surface area contributed by atoms with Gasteiger partial charge in [0.2, 0.25) is 5.88 Å². The van der Waals surface area contributed by atoms with Crippen LogP contribution in [0.5, 0.6) is 5.88 Å². The van der Waals surface area contributed by atoms with Crippen LogP contribution in [0.2, 0.25) is 5.02 Å². The van der Waals surface area contributed by atoms with Crippen LogP contribution < -0.4 is 9.64 Å². The molecule has 21 heavy (non-hydrogen) atoms. The Labute approximate surface area is 127 Å². The number of ether oxygens (including phenoxy) is 1. The predicted molar refractivity (Wildman–Crippen MR) is 79.7 cm³/mol. The van der Waals surface area contributed by atoms with Crippen molar-refractivity contribution in [1.29, 1.82) is 0 Å². The van der Waals surface area contributed by atoms with Crippen LogP contribution in [-0.4, -0.2) is 46.4 Å². The Morgan fingerprint density at radius 3 is 3.00 bits per heavy atom. The first-order valence-electron chi connectivity index (χ1n) is 6.63. The van der Waals surface area contributed by atoms with Crippen molar-refractivity contribution in [2.24, 2.45) is 0 Å². The quantitative estimate of drug-likeness (QED) is 0.932. The van der Waals surface area contributed by atoms with E-state index >= 15 is 0 Å². The van der Waals surface area contributed by atoms with Crippen LogP contribution in [0.1, 0.15) is 6.42 Å². The first-order valence-corrected chi connectivity index (χ1v) is 7.01. The van der Waals surface area contributed by atoms with Gasteiger partial charge in [0, 0.05) is 30.9 Å². The number of aliphatic hydroxyl groups excluding tert-OH is 1. The third-order valence-corrected chi connectivity index (χ3v) is 3.71. The Balaban J connectivity index is 1.96. The average Bonchev–Trinajstić information content (AvgIpc) is 2.94. The van der Waals surface area contributed by atoms with Crippen LogP contribution in [0, 0.1) is 0 Å². The molecule has 0 saturated carbocycles. The third-order valence-electron chi connectivity index (χ3n) is 3.41. The van der Waals surface area contributed by atoms with E-state index in [1.807, 2.05) is 11.0 Å². The molecule has 1 atom stereocenters. The largest absolute Gasteiger partial charge is 0.481 e. The summed E-state index contributed by atoms with van der Waals surface area (Å²) in [7, 11) is 1.54. The molecule has 1 aliphatic heterocycles. The predicted octanol–water partition coefficient (Wildman–Crippen LogP) is 1.77. The minimum Gasteiger partial charge on any atom is -0.481 e. The lowest BCUT2D eigenvalue weighted by molar-refractivity contribution is 0.198. The van der Waals surface area contributed by atoms with E-state index < -0.39 is 0 Å². The third kappa shape index (κ3) is 2.91. The number of aromatic nitrogens is 3. The first kappa shape index (κ1) is 14.0. The summed E-state index contributed by atoms with van der Waals surface area (Å²) in [6.45, 7) is 1.37. The van der Waals surface area contributed by atoms with Crippen LogP contribution >= 0.6 is 11.6 Å². The fourth-order valence-corrected chi connectivity index (χ4v) is 2.50. The molecule has 6 nitrogen and oxygen atoms in total. The van der Waals surface area contributed by atoms with Crippen molar-refractivity contribution in [2.75, 3.05) is 25.1 Å². The smallest absolute Gasteiger partial charge is 0.213 e. The number of hydrogen-bond donors (Lipinski definition) is 1. The summed E-state index contributed by atoms with van der Waals surface area (Å²) < 4.78 is 5.11. The van der Waals surface area contributed by atoms with Crippen molar-refractivity contribution in [2.45, 2.75) is 12.5 Å². The van der Waals surface area contributed by atoms with Gasteiger partial charge >= 0.3 is 0 Å². The van der Waals surface area contributed by atoms with Crippen molar-refractivity contribution in [1.82, 2.24) is 15.0 Å². The van der Waals surface area contributed by atoms with E-state index in [2.05, 4.69) is 15.0 Å². The van der Waals surface area contributed by atoms with Crippen LogP contribution in [0.4, 0.5) is 5.82 Å². The Hall–Kier alpha value is -1.92. The zero-order valence-corrected chi connectivity index (χ0v) is 12.3. The highest BCUT2D eigenvalue weighted by molar-refractivity contribution is 6.33. The molecule has 0 bridgehead atoms. The second-order valence-electron chi connectivity index (χ2n) is 4.83. The van der Waals surface area contributed by atoms with E-state index in [1.54, 1.807) is 19.4 Å². The fraction of sp³-hybridized carbons (Fsp3) is 0.357. The van der Waals surface area contributed by atoms with Gasteiger partial charge in [-0.1, -0.05) is 11.6 Å². The highest BCUT2D eigenvalue weighted by atomic mass is 35.5. The van der Waals surface area contributed by atoms with E-state index in [-0.39, 0.29) is 6.10 Å². The summed E-state index contributed by atoms with van der Waals surface area (Å²) in [4.78, 5) is 14.9. The van der Waals surface area contributed by atoms with Gasteiger partial charge in [0.25, 0.3) is 0 Å². The van der Waals surface area contributed by atoms with Gasteiger partial charge in [-0.25, -0.2) is 15.0 Å². The zero-order chi connectivity index (χ0) is 14.8. The van der Waals surface area contributed by atoms with Gasteiger partial charge in [0.1, 0.15) is 5.82 Å². The molecular formula is C14H15ClN4O2. The maximum Gasteiger partial charge on any atom is 0.213 e. The highest BCUT2D eigenvalue weighted by Crippen LogP contribution is 2.29. The molecule has 0 aromatic carbocycles. The Morgan fingerprint density at radius 1 is 1.43 bits per heavy atom. The van der Waals surface area contributed by atoms with Crippen molar-refractivity contribution in [3.05, 3.63) is 29.5 Å². The monoisotopic (exact) mass is 306 g/mol. The molecule has 1 N–H and O–H groups in total. The molecule has 0 radical (unpaired) electrons. The molecule has 0 aliphatic carbocycles. The number of methoxy groups -OCH3 is 1. The SMILES string of the molecule is COc1cc(-c2nccc(N3CC[C@@H](O)C3)n2)c(Cl)cn1. The maximum absolute atomic E-state index is 9.63. The molecular weight excluding hydrogens is 292 g/mol. The Bertz CT molecular complexity index is 653. The zero-order valence-electron chi connectivity index (χ0n) is 11.5. The molecule has 1 aliphatic rings. The van der Waals surface area contributed by atoms with Gasteiger partial charge in [-0.3, -0.25) is 0 Å². The van der Waals surface area contributed by atoms with Crippen molar-refractivity contribution < 1.29 is 9.84 Å². The van der Waals surface area contributed by atoms with Crippen LogP contribution in [-0.2, 0) is 0 Å². The van der Waals surface area contributed by atoms with E-state index in [9.17, 15) is 5.11 Å². The molecule has 3 rings (SSSR count). The molecule has 0 amide bonds. The summed E-state index contributed by atoms with van der Waals surface area (Å²) in [5.74, 6) is 1.75. The van der Waals surface area contributed by atoms with Crippen LogP contribution in [0.25, 0.3) is 11.4 Å². The maximum atomic E-state index is 9.63. The highest BCUT2D eigenvalue weighted by Gasteiger charge is 2.22. The summed E-state index contributed by atoms with van der Waals surface area (Å²) in [6, 6.07) is 3.54. The molecule has 1 saturated heterocycles. The second kappa shape index (κ2) is 5.83. The number of anilines is 1. The summed E-state index contributed by atoms with van der Waals surface area (Å²) >= 11 is 6.17. The lowest BCUT2D eigenvalue weighted by atomic mass is 10.2. The number of nitrogens with zero attached hydrogens (tertiary/aromatic N) is 4. The van der Waals surface area contributed by atoms with Crippen LogP contribution in [0.3, 0.4) is 0 Å². The molecule has 0 unspecified atom stereocenters. The van der Waals surface area contributed by atoms with Gasteiger partial charge in [-0.05, 0) is 12.5 Å². The van der Waals surface area contributed by atoms with Crippen molar-refractivity contribution in [3.63, 3.8) is 0 Å². The molecule has 7 heteroatoms. The molecule has 0 spiro atoms. The molecule has 2 aromatic rings. The molecule has 2 aromatic heterocycles. The van der Waals surface area contributed by atoms with Gasteiger partial charge in [-0.15, -0.1) is 0 Å². The second-order valence-corrected chi connectivity index (χ2v) is 5.24. The number of aliphatic hydroxyl groups is 1. The van der Waals surface area contributed by atoms with Crippen molar-refractivity contribution in [3.8, 4) is 17.3 Å².